The molecule has 2 heterocycles. The quantitative estimate of drug-likeness (QED) is 0.611. The van der Waals surface area contributed by atoms with Crippen LogP contribution in [0.5, 0.6) is 0 Å². The van der Waals surface area contributed by atoms with Crippen LogP contribution in [0, 0.1) is 5.82 Å². The average Bonchev–Trinajstić information content (AvgIpc) is 3.04. The van der Waals surface area contributed by atoms with E-state index in [1.165, 1.54) is 28.6 Å². The van der Waals surface area contributed by atoms with Gasteiger partial charge in [0, 0.05) is 13.1 Å². The topological polar surface area (TPSA) is 134 Å². The minimum Gasteiger partial charge on any atom is -0.379 e. The van der Waals surface area contributed by atoms with Gasteiger partial charge in [-0.15, -0.1) is 0 Å². The molecule has 1 aliphatic rings. The second-order valence-electron chi connectivity index (χ2n) is 6.89. The molecule has 1 amide bonds. The summed E-state index contributed by atoms with van der Waals surface area (Å²) in [7, 11) is -4.00. The molecule has 158 valence electrons. The Kier molecular flexibility index (Phi) is 5.18. The number of benzene rings is 2. The fraction of sp³-hybridized carbons (Fsp3) is 0.263. The number of primary amides is 1. The van der Waals surface area contributed by atoms with Gasteiger partial charge in [0.15, 0.2) is 0 Å². The minimum atomic E-state index is -4.00. The number of nitrogens with two attached hydrogens (primary N) is 2. The van der Waals surface area contributed by atoms with E-state index in [0.29, 0.717) is 16.6 Å². The van der Waals surface area contributed by atoms with Crippen molar-refractivity contribution in [3.63, 3.8) is 0 Å². The van der Waals surface area contributed by atoms with Crippen molar-refractivity contribution in [2.45, 2.75) is 5.92 Å². The van der Waals surface area contributed by atoms with Crippen LogP contribution >= 0.6 is 0 Å². The number of halogens is 1. The number of hydrogen-bond acceptors (Lipinski definition) is 6. The lowest BCUT2D eigenvalue weighted by Crippen LogP contribution is -2.43. The number of imidazole rings is 1. The Bertz CT molecular complexity index is 1220. The third-order valence-corrected chi connectivity index (χ3v) is 6.85. The number of aromatic nitrogens is 2. The van der Waals surface area contributed by atoms with E-state index in [0.717, 1.165) is 3.97 Å². The number of anilines is 1. The first-order chi connectivity index (χ1) is 14.3. The highest BCUT2D eigenvalue weighted by Crippen LogP contribution is 2.30. The smallest absolute Gasteiger partial charge is 0.311 e. The summed E-state index contributed by atoms with van der Waals surface area (Å²) >= 11 is 0. The Morgan fingerprint density at radius 2 is 1.83 bits per heavy atom. The molecule has 4 rings (SSSR count). The number of nitrogen functional groups attached to an aromatic ring is 1. The van der Waals surface area contributed by atoms with Gasteiger partial charge in [-0.05, 0) is 35.4 Å². The molecule has 30 heavy (non-hydrogen) atoms. The van der Waals surface area contributed by atoms with E-state index in [-0.39, 0.29) is 37.8 Å². The zero-order valence-corrected chi connectivity index (χ0v) is 16.7. The van der Waals surface area contributed by atoms with Crippen LogP contribution in [0.4, 0.5) is 10.3 Å². The highest BCUT2D eigenvalue weighted by Gasteiger charge is 2.30. The first kappa shape index (κ1) is 20.3. The summed E-state index contributed by atoms with van der Waals surface area (Å²) in [5.41, 5.74) is 12.8. The standard InChI is InChI=1S/C19H20FN5O4S/c20-14-3-1-2-12(10-14)17(18(21)26)13-4-5-15-16(11-13)25(19(22)23-15)30(27,28)24-6-8-29-9-7-24/h1-5,10-11,17H,6-9H2,(H2,21,26)(H2,22,23). The normalized spacial score (nSPS) is 16.6. The van der Waals surface area contributed by atoms with Gasteiger partial charge < -0.3 is 16.2 Å². The number of fused-ring (bicyclic) bond motifs is 1. The third kappa shape index (κ3) is 3.51. The van der Waals surface area contributed by atoms with Gasteiger partial charge in [0.05, 0.1) is 30.2 Å². The Hall–Kier alpha value is -3.02. The van der Waals surface area contributed by atoms with Gasteiger partial charge in [0.2, 0.25) is 11.9 Å². The maximum atomic E-state index is 13.7. The molecule has 0 bridgehead atoms. The summed E-state index contributed by atoms with van der Waals surface area (Å²) in [5, 5.41) is 0. The molecule has 0 aliphatic carbocycles. The molecular weight excluding hydrogens is 413 g/mol. The van der Waals surface area contributed by atoms with Crippen LogP contribution in [0.2, 0.25) is 0 Å². The number of morpholine rings is 1. The zero-order valence-electron chi connectivity index (χ0n) is 15.9. The molecule has 9 nitrogen and oxygen atoms in total. The number of amides is 1. The first-order valence-electron chi connectivity index (χ1n) is 9.20. The highest BCUT2D eigenvalue weighted by atomic mass is 32.2. The summed E-state index contributed by atoms with van der Waals surface area (Å²) in [6.45, 7) is 0.934. The lowest BCUT2D eigenvalue weighted by atomic mass is 9.90. The molecular formula is C19H20FN5O4S. The van der Waals surface area contributed by atoms with E-state index >= 15 is 0 Å². The van der Waals surface area contributed by atoms with Gasteiger partial charge in [-0.3, -0.25) is 4.79 Å². The lowest BCUT2D eigenvalue weighted by molar-refractivity contribution is -0.118. The van der Waals surface area contributed by atoms with E-state index in [1.807, 2.05) is 0 Å². The van der Waals surface area contributed by atoms with Gasteiger partial charge in [0.25, 0.3) is 0 Å². The van der Waals surface area contributed by atoms with Crippen LogP contribution < -0.4 is 11.5 Å². The fourth-order valence-electron chi connectivity index (χ4n) is 3.61. The summed E-state index contributed by atoms with van der Waals surface area (Å²) in [6.07, 6.45) is 0. The third-order valence-electron chi connectivity index (χ3n) is 4.99. The lowest BCUT2D eigenvalue weighted by Gasteiger charge is -2.26. The van der Waals surface area contributed by atoms with Crippen molar-refractivity contribution in [3.8, 4) is 0 Å². The maximum absolute atomic E-state index is 13.7. The molecule has 2 aromatic carbocycles. The van der Waals surface area contributed by atoms with Gasteiger partial charge in [0.1, 0.15) is 5.82 Å². The van der Waals surface area contributed by atoms with Gasteiger partial charge in [-0.25, -0.2) is 9.37 Å². The monoisotopic (exact) mass is 433 g/mol. The molecule has 4 N–H and O–H groups in total. The van der Waals surface area contributed by atoms with Crippen molar-refractivity contribution in [2.75, 3.05) is 32.0 Å². The molecule has 1 unspecified atom stereocenters. The van der Waals surface area contributed by atoms with E-state index in [4.69, 9.17) is 16.2 Å². The molecule has 1 atom stereocenters. The second-order valence-corrected chi connectivity index (χ2v) is 8.67. The molecule has 0 saturated carbocycles. The molecule has 11 heteroatoms. The number of hydrogen-bond donors (Lipinski definition) is 2. The van der Waals surface area contributed by atoms with E-state index in [2.05, 4.69) is 4.98 Å². The molecule has 1 aliphatic heterocycles. The Morgan fingerprint density at radius 3 is 2.50 bits per heavy atom. The van der Waals surface area contributed by atoms with Crippen LogP contribution in [0.1, 0.15) is 17.0 Å². The molecule has 3 aromatic rings. The number of carbonyl (C=O) groups excluding carboxylic acids is 1. The van der Waals surface area contributed by atoms with Crippen LogP contribution in [-0.4, -0.2) is 53.9 Å². The summed E-state index contributed by atoms with van der Waals surface area (Å²) in [5.74, 6) is -2.38. The number of carbonyl (C=O) groups is 1. The maximum Gasteiger partial charge on any atom is 0.311 e. The van der Waals surface area contributed by atoms with Gasteiger partial charge >= 0.3 is 10.2 Å². The van der Waals surface area contributed by atoms with E-state index in [1.54, 1.807) is 18.2 Å². The van der Waals surface area contributed by atoms with E-state index in [9.17, 15) is 17.6 Å². The number of ether oxygens (including phenoxy) is 1. The SMILES string of the molecule is NC(=O)C(c1cccc(F)c1)c1ccc2nc(N)n(S(=O)(=O)N3CCOCC3)c2c1. The molecule has 0 radical (unpaired) electrons. The van der Waals surface area contributed by atoms with Crippen LogP contribution in [0.15, 0.2) is 42.5 Å². The van der Waals surface area contributed by atoms with Crippen molar-refractivity contribution in [3.05, 3.63) is 59.4 Å². The van der Waals surface area contributed by atoms with Crippen molar-refractivity contribution in [1.29, 1.82) is 0 Å². The first-order valence-corrected chi connectivity index (χ1v) is 10.6. The van der Waals surface area contributed by atoms with Crippen molar-refractivity contribution in [1.82, 2.24) is 13.3 Å². The number of rotatable bonds is 5. The highest BCUT2D eigenvalue weighted by molar-refractivity contribution is 7.87. The van der Waals surface area contributed by atoms with Gasteiger partial charge in [-0.2, -0.15) is 16.7 Å². The van der Waals surface area contributed by atoms with Crippen molar-refractivity contribution < 1.29 is 22.3 Å². The molecule has 0 spiro atoms. The largest absolute Gasteiger partial charge is 0.379 e. The Morgan fingerprint density at radius 1 is 1.13 bits per heavy atom. The molecule has 1 fully saturated rings. The summed E-state index contributed by atoms with van der Waals surface area (Å²) in [4.78, 5) is 16.3. The minimum absolute atomic E-state index is 0.189. The van der Waals surface area contributed by atoms with Crippen LogP contribution in [0.3, 0.4) is 0 Å². The van der Waals surface area contributed by atoms with Crippen LogP contribution in [-0.2, 0) is 19.7 Å². The predicted molar refractivity (Wildman–Crippen MR) is 108 cm³/mol. The van der Waals surface area contributed by atoms with Gasteiger partial charge in [-0.1, -0.05) is 18.2 Å². The average molecular weight is 433 g/mol. The van der Waals surface area contributed by atoms with Crippen LogP contribution in [0.25, 0.3) is 11.0 Å². The summed E-state index contributed by atoms with van der Waals surface area (Å²) in [6, 6.07) is 10.2. The Labute approximate surface area is 172 Å². The fourth-order valence-corrected chi connectivity index (χ4v) is 5.13. The van der Waals surface area contributed by atoms with Crippen molar-refractivity contribution in [2.24, 2.45) is 5.73 Å². The summed E-state index contributed by atoms with van der Waals surface area (Å²) < 4.78 is 47.5. The predicted octanol–water partition coefficient (Wildman–Crippen LogP) is 0.800. The molecule has 1 saturated heterocycles. The zero-order chi connectivity index (χ0) is 21.5. The molecule has 1 aromatic heterocycles. The number of nitrogens with zero attached hydrogens (tertiary/aromatic N) is 3. The Balaban J connectivity index is 1.86. The van der Waals surface area contributed by atoms with E-state index < -0.39 is 27.9 Å². The second kappa shape index (κ2) is 7.67. The van der Waals surface area contributed by atoms with Crippen molar-refractivity contribution >= 4 is 33.1 Å².